The molecule has 1 rings (SSSR count). The molecule has 0 fully saturated rings. The molecule has 1 aromatic rings. The van der Waals surface area contributed by atoms with Gasteiger partial charge < -0.3 is 15.4 Å². The molecule has 1 atom stereocenters. The van der Waals surface area contributed by atoms with Crippen molar-refractivity contribution in [1.82, 2.24) is 9.97 Å². The fraction of sp³-hybridized carbons (Fsp3) is 0.583. The van der Waals surface area contributed by atoms with Crippen molar-refractivity contribution in [2.24, 2.45) is 11.3 Å². The van der Waals surface area contributed by atoms with Gasteiger partial charge in [0.1, 0.15) is 0 Å². The molecule has 0 aliphatic heterocycles. The monoisotopic (exact) mass is 253 g/mol. The van der Waals surface area contributed by atoms with Gasteiger partial charge in [0.25, 0.3) is 5.56 Å². The molecule has 6 nitrogen and oxygen atoms in total. The van der Waals surface area contributed by atoms with Gasteiger partial charge >= 0.3 is 5.97 Å². The first-order valence-corrected chi connectivity index (χ1v) is 5.80. The van der Waals surface area contributed by atoms with Crippen molar-refractivity contribution in [2.45, 2.75) is 27.2 Å². The van der Waals surface area contributed by atoms with Crippen molar-refractivity contribution in [3.63, 3.8) is 0 Å². The number of rotatable bonds is 5. The van der Waals surface area contributed by atoms with E-state index in [4.69, 9.17) is 5.11 Å². The Bertz CT molecular complexity index is 462. The van der Waals surface area contributed by atoms with Crippen LogP contribution in [0.15, 0.2) is 17.2 Å². The third-order valence-corrected chi connectivity index (χ3v) is 2.43. The average Bonchev–Trinajstić information content (AvgIpc) is 2.24. The molecule has 6 heteroatoms. The second kappa shape index (κ2) is 5.66. The van der Waals surface area contributed by atoms with E-state index in [1.165, 1.54) is 12.4 Å². The minimum absolute atomic E-state index is 0.0821. The molecule has 0 amide bonds. The van der Waals surface area contributed by atoms with Crippen molar-refractivity contribution < 1.29 is 9.90 Å². The van der Waals surface area contributed by atoms with Crippen LogP contribution in [0.1, 0.15) is 27.2 Å². The number of carboxylic acids is 1. The topological polar surface area (TPSA) is 95.1 Å². The van der Waals surface area contributed by atoms with Crippen LogP contribution in [-0.4, -0.2) is 27.6 Å². The Balaban J connectivity index is 2.67. The van der Waals surface area contributed by atoms with Crippen molar-refractivity contribution >= 4 is 11.8 Å². The fourth-order valence-corrected chi connectivity index (χ4v) is 1.68. The number of aliphatic carboxylic acids is 1. The fourth-order valence-electron chi connectivity index (χ4n) is 1.68. The lowest BCUT2D eigenvalue weighted by Crippen LogP contribution is -2.29. The summed E-state index contributed by atoms with van der Waals surface area (Å²) in [7, 11) is 0. The van der Waals surface area contributed by atoms with Gasteiger partial charge in [0.05, 0.1) is 5.92 Å². The number of carbonyl (C=O) groups is 1. The molecule has 1 unspecified atom stereocenters. The second-order valence-electron chi connectivity index (χ2n) is 5.45. The molecule has 0 saturated heterocycles. The molecule has 18 heavy (non-hydrogen) atoms. The zero-order valence-corrected chi connectivity index (χ0v) is 10.9. The molecule has 0 radical (unpaired) electrons. The summed E-state index contributed by atoms with van der Waals surface area (Å²) in [5.74, 6) is -1.27. The zero-order chi connectivity index (χ0) is 13.8. The molecule has 1 heterocycles. The van der Waals surface area contributed by atoms with Gasteiger partial charge in [-0.15, -0.1) is 0 Å². The van der Waals surface area contributed by atoms with Crippen molar-refractivity contribution in [1.29, 1.82) is 0 Å². The summed E-state index contributed by atoms with van der Waals surface area (Å²) in [5, 5.41) is 11.9. The van der Waals surface area contributed by atoms with E-state index in [9.17, 15) is 9.59 Å². The Morgan fingerprint density at radius 1 is 1.56 bits per heavy atom. The lowest BCUT2D eigenvalue weighted by atomic mass is 9.84. The van der Waals surface area contributed by atoms with Crippen LogP contribution in [0.2, 0.25) is 0 Å². The number of hydrogen-bond acceptors (Lipinski definition) is 4. The average molecular weight is 253 g/mol. The van der Waals surface area contributed by atoms with E-state index in [1.807, 2.05) is 20.8 Å². The number of carboxylic acid groups (broad SMARTS) is 1. The van der Waals surface area contributed by atoms with Crippen LogP contribution in [0.3, 0.4) is 0 Å². The lowest BCUT2D eigenvalue weighted by molar-refractivity contribution is -0.142. The normalized spacial score (nSPS) is 13.1. The van der Waals surface area contributed by atoms with E-state index < -0.39 is 11.9 Å². The maximum Gasteiger partial charge on any atom is 0.308 e. The van der Waals surface area contributed by atoms with Gasteiger partial charge in [-0.1, -0.05) is 20.8 Å². The summed E-state index contributed by atoms with van der Waals surface area (Å²) in [5.41, 5.74) is -0.432. The molecule has 0 bridgehead atoms. The molecule has 0 aliphatic carbocycles. The molecule has 1 aromatic heterocycles. The summed E-state index contributed by atoms with van der Waals surface area (Å²) in [6.45, 7) is 6.14. The van der Waals surface area contributed by atoms with Gasteiger partial charge in [-0.05, 0) is 11.8 Å². The number of nitrogens with zero attached hydrogens (tertiary/aromatic N) is 1. The Labute approximate surface area is 105 Å². The molecule has 0 saturated carbocycles. The van der Waals surface area contributed by atoms with Gasteiger partial charge in [-0.25, -0.2) is 4.98 Å². The molecule has 0 spiro atoms. The molecule has 3 N–H and O–H groups in total. The number of nitrogens with one attached hydrogen (secondary N) is 2. The standard InChI is InChI=1S/C12H19N3O3/c1-12(2,3)6-8(11(17)18)7-15-9-10(16)14-5-4-13-9/h4-5,8H,6-7H2,1-3H3,(H,13,15)(H,14,16)(H,17,18). The molecular formula is C12H19N3O3. The van der Waals surface area contributed by atoms with Crippen molar-refractivity contribution in [2.75, 3.05) is 11.9 Å². The predicted molar refractivity (Wildman–Crippen MR) is 68.5 cm³/mol. The lowest BCUT2D eigenvalue weighted by Gasteiger charge is -2.23. The largest absolute Gasteiger partial charge is 0.481 e. The maximum absolute atomic E-state index is 11.4. The Morgan fingerprint density at radius 3 is 2.72 bits per heavy atom. The molecular weight excluding hydrogens is 234 g/mol. The van der Waals surface area contributed by atoms with Crippen LogP contribution in [-0.2, 0) is 4.79 Å². The molecule has 0 aromatic carbocycles. The first kappa shape index (κ1) is 14.2. The van der Waals surface area contributed by atoms with Crippen LogP contribution in [0.5, 0.6) is 0 Å². The predicted octanol–water partition coefficient (Wildman–Crippen LogP) is 1.32. The van der Waals surface area contributed by atoms with E-state index in [2.05, 4.69) is 15.3 Å². The van der Waals surface area contributed by atoms with E-state index in [-0.39, 0.29) is 23.3 Å². The van der Waals surface area contributed by atoms with Crippen molar-refractivity contribution in [3.8, 4) is 0 Å². The Morgan fingerprint density at radius 2 is 2.22 bits per heavy atom. The van der Waals surface area contributed by atoms with Crippen molar-refractivity contribution in [3.05, 3.63) is 22.7 Å². The third kappa shape index (κ3) is 4.57. The van der Waals surface area contributed by atoms with E-state index in [1.54, 1.807) is 0 Å². The van der Waals surface area contributed by atoms with Gasteiger partial charge in [0.2, 0.25) is 0 Å². The zero-order valence-electron chi connectivity index (χ0n) is 10.9. The summed E-state index contributed by atoms with van der Waals surface area (Å²) >= 11 is 0. The maximum atomic E-state index is 11.4. The van der Waals surface area contributed by atoms with Crippen LogP contribution in [0, 0.1) is 11.3 Å². The second-order valence-corrected chi connectivity index (χ2v) is 5.45. The Kier molecular flexibility index (Phi) is 4.47. The van der Waals surface area contributed by atoms with E-state index in [0.29, 0.717) is 6.42 Å². The highest BCUT2D eigenvalue weighted by Crippen LogP contribution is 2.24. The van der Waals surface area contributed by atoms with Crippen LogP contribution in [0.4, 0.5) is 5.82 Å². The minimum Gasteiger partial charge on any atom is -0.481 e. The van der Waals surface area contributed by atoms with Crippen LogP contribution in [0.25, 0.3) is 0 Å². The summed E-state index contributed by atoms with van der Waals surface area (Å²) in [6.07, 6.45) is 3.40. The summed E-state index contributed by atoms with van der Waals surface area (Å²) in [4.78, 5) is 28.8. The first-order valence-electron chi connectivity index (χ1n) is 5.80. The minimum atomic E-state index is -0.871. The number of hydrogen-bond donors (Lipinski definition) is 3. The van der Waals surface area contributed by atoms with Gasteiger partial charge in [0.15, 0.2) is 5.82 Å². The van der Waals surface area contributed by atoms with Gasteiger partial charge in [-0.2, -0.15) is 0 Å². The molecule has 100 valence electrons. The number of H-pyrrole nitrogens is 1. The van der Waals surface area contributed by atoms with Gasteiger partial charge in [0, 0.05) is 18.9 Å². The summed E-state index contributed by atoms with van der Waals surface area (Å²) < 4.78 is 0. The number of aromatic nitrogens is 2. The Hall–Kier alpha value is -1.85. The SMILES string of the molecule is CC(C)(C)CC(CNc1ncc[nH]c1=O)C(=O)O. The quantitative estimate of drug-likeness (QED) is 0.735. The first-order chi connectivity index (χ1) is 8.29. The van der Waals surface area contributed by atoms with Crippen LogP contribution >= 0.6 is 0 Å². The summed E-state index contributed by atoms with van der Waals surface area (Å²) in [6, 6.07) is 0. The third-order valence-electron chi connectivity index (χ3n) is 2.43. The molecule has 0 aliphatic rings. The number of anilines is 1. The van der Waals surface area contributed by atoms with E-state index in [0.717, 1.165) is 0 Å². The highest BCUT2D eigenvalue weighted by Gasteiger charge is 2.24. The van der Waals surface area contributed by atoms with Crippen LogP contribution < -0.4 is 10.9 Å². The van der Waals surface area contributed by atoms with E-state index >= 15 is 0 Å². The van der Waals surface area contributed by atoms with Gasteiger partial charge in [-0.3, -0.25) is 9.59 Å². The highest BCUT2D eigenvalue weighted by molar-refractivity contribution is 5.70. The smallest absolute Gasteiger partial charge is 0.308 e. The highest BCUT2D eigenvalue weighted by atomic mass is 16.4. The number of aromatic amines is 1.